The molecule has 1 fully saturated rings. The van der Waals surface area contributed by atoms with Crippen molar-refractivity contribution in [1.29, 1.82) is 5.41 Å². The van der Waals surface area contributed by atoms with E-state index in [2.05, 4.69) is 10.1 Å². The van der Waals surface area contributed by atoms with Crippen LogP contribution in [0.5, 0.6) is 0 Å². The van der Waals surface area contributed by atoms with E-state index in [0.717, 1.165) is 19.5 Å². The molecule has 1 aliphatic rings. The van der Waals surface area contributed by atoms with Crippen molar-refractivity contribution in [2.75, 3.05) is 13.1 Å². The predicted molar refractivity (Wildman–Crippen MR) is 51.4 cm³/mol. The minimum Gasteiger partial charge on any atom is -0.360 e. The Morgan fingerprint density at radius 2 is 2.43 bits per heavy atom. The normalized spacial score (nSPS) is 21.6. The third kappa shape index (κ3) is 1.62. The van der Waals surface area contributed by atoms with Crippen LogP contribution in [0, 0.1) is 12.3 Å². The van der Waals surface area contributed by atoms with Crippen molar-refractivity contribution in [3.05, 3.63) is 11.7 Å². The van der Waals surface area contributed by atoms with E-state index >= 15 is 0 Å². The third-order valence-electron chi connectivity index (χ3n) is 2.56. The number of nitrogens with zero attached hydrogens (tertiary/aromatic N) is 3. The molecule has 0 spiro atoms. The number of nitrogens with one attached hydrogen (secondary N) is 1. The highest BCUT2D eigenvalue weighted by atomic mass is 16.5. The van der Waals surface area contributed by atoms with Crippen LogP contribution < -0.4 is 0 Å². The molecular weight excluding hydrogens is 180 g/mol. The number of amidine groups is 1. The Bertz CT molecular complexity index is 346. The van der Waals surface area contributed by atoms with Crippen LogP contribution in [0.4, 0.5) is 0 Å². The van der Waals surface area contributed by atoms with Crippen LogP contribution in [0.2, 0.25) is 0 Å². The number of likely N-dealkylation sites (tertiary alicyclic amines) is 1. The Balaban J connectivity index is 2.05. The summed E-state index contributed by atoms with van der Waals surface area (Å²) in [6, 6.07) is 0. The Hall–Kier alpha value is -1.39. The van der Waals surface area contributed by atoms with Gasteiger partial charge in [0.25, 0.3) is 0 Å². The van der Waals surface area contributed by atoms with E-state index in [4.69, 9.17) is 9.93 Å². The van der Waals surface area contributed by atoms with Crippen molar-refractivity contribution in [2.24, 2.45) is 0 Å². The molecule has 5 heteroatoms. The van der Waals surface area contributed by atoms with Crippen molar-refractivity contribution < 1.29 is 4.52 Å². The van der Waals surface area contributed by atoms with Gasteiger partial charge in [0.1, 0.15) is 0 Å². The lowest BCUT2D eigenvalue weighted by atomic mass is 10.1. The minimum atomic E-state index is 0.302. The number of aromatic nitrogens is 2. The van der Waals surface area contributed by atoms with Gasteiger partial charge >= 0.3 is 0 Å². The van der Waals surface area contributed by atoms with Crippen LogP contribution in [-0.2, 0) is 0 Å². The molecule has 1 aromatic heterocycles. The lowest BCUT2D eigenvalue weighted by Gasteiger charge is -2.14. The summed E-state index contributed by atoms with van der Waals surface area (Å²) in [5, 5.41) is 11.3. The second-order valence-electron chi connectivity index (χ2n) is 3.70. The second kappa shape index (κ2) is 3.40. The van der Waals surface area contributed by atoms with Crippen molar-refractivity contribution in [3.63, 3.8) is 0 Å². The van der Waals surface area contributed by atoms with E-state index in [9.17, 15) is 0 Å². The zero-order valence-electron chi connectivity index (χ0n) is 8.45. The first-order chi connectivity index (χ1) is 6.66. The molecule has 5 nitrogen and oxygen atoms in total. The van der Waals surface area contributed by atoms with Gasteiger partial charge in [-0.05, 0) is 20.3 Å². The summed E-state index contributed by atoms with van der Waals surface area (Å²) in [6.45, 7) is 5.38. The number of rotatable bonds is 1. The van der Waals surface area contributed by atoms with Crippen molar-refractivity contribution in [3.8, 4) is 0 Å². The summed E-state index contributed by atoms with van der Waals surface area (Å²) in [4.78, 5) is 6.24. The zero-order valence-corrected chi connectivity index (χ0v) is 8.45. The van der Waals surface area contributed by atoms with Crippen molar-refractivity contribution in [2.45, 2.75) is 26.2 Å². The summed E-state index contributed by atoms with van der Waals surface area (Å²) < 4.78 is 5.12. The molecule has 2 rings (SSSR count). The third-order valence-corrected chi connectivity index (χ3v) is 2.56. The summed E-state index contributed by atoms with van der Waals surface area (Å²) in [5.74, 6) is 2.32. The fourth-order valence-electron chi connectivity index (χ4n) is 1.75. The van der Waals surface area contributed by atoms with Crippen LogP contribution in [0.15, 0.2) is 4.52 Å². The maximum atomic E-state index is 7.51. The molecule has 14 heavy (non-hydrogen) atoms. The Kier molecular flexibility index (Phi) is 2.23. The molecule has 0 aromatic carbocycles. The van der Waals surface area contributed by atoms with E-state index < -0.39 is 0 Å². The highest BCUT2D eigenvalue weighted by molar-refractivity contribution is 5.76. The van der Waals surface area contributed by atoms with E-state index in [1.165, 1.54) is 0 Å². The summed E-state index contributed by atoms with van der Waals surface area (Å²) in [6.07, 6.45) is 0.998. The Morgan fingerprint density at radius 3 is 2.93 bits per heavy atom. The second-order valence-corrected chi connectivity index (χ2v) is 3.70. The molecule has 1 N–H and O–H groups in total. The molecule has 0 amide bonds. The average molecular weight is 194 g/mol. The highest BCUT2D eigenvalue weighted by Gasteiger charge is 2.28. The Labute approximate surface area is 82.6 Å². The molecule has 1 aromatic rings. The topological polar surface area (TPSA) is 66.0 Å². The number of hydrogen-bond acceptors (Lipinski definition) is 4. The van der Waals surface area contributed by atoms with E-state index in [0.29, 0.717) is 23.5 Å². The standard InChI is InChI=1S/C9H14N4O/c1-6(10)13-4-3-8(5-13)9-11-7(2)12-14-9/h8,10H,3-5H2,1-2H3. The van der Waals surface area contributed by atoms with E-state index in [1.54, 1.807) is 6.92 Å². The van der Waals surface area contributed by atoms with Crippen LogP contribution in [0.3, 0.4) is 0 Å². The van der Waals surface area contributed by atoms with Crippen molar-refractivity contribution >= 4 is 5.84 Å². The minimum absolute atomic E-state index is 0.302. The highest BCUT2D eigenvalue weighted by Crippen LogP contribution is 2.25. The fourth-order valence-corrected chi connectivity index (χ4v) is 1.75. The molecule has 0 bridgehead atoms. The number of hydrogen-bond donors (Lipinski definition) is 1. The molecule has 1 unspecified atom stereocenters. The van der Waals surface area contributed by atoms with Gasteiger partial charge in [0, 0.05) is 13.1 Å². The first-order valence-electron chi connectivity index (χ1n) is 4.77. The monoisotopic (exact) mass is 194 g/mol. The molecule has 2 heterocycles. The average Bonchev–Trinajstić information content (AvgIpc) is 2.70. The smallest absolute Gasteiger partial charge is 0.231 e. The quantitative estimate of drug-likeness (QED) is 0.538. The van der Waals surface area contributed by atoms with E-state index in [1.807, 2.05) is 11.8 Å². The molecule has 0 radical (unpaired) electrons. The van der Waals surface area contributed by atoms with Gasteiger partial charge in [0.15, 0.2) is 5.82 Å². The molecule has 0 aliphatic carbocycles. The Morgan fingerprint density at radius 1 is 1.64 bits per heavy atom. The van der Waals surface area contributed by atoms with Gasteiger partial charge in [-0.1, -0.05) is 5.16 Å². The van der Waals surface area contributed by atoms with Gasteiger partial charge in [-0.3, -0.25) is 5.41 Å². The summed E-state index contributed by atoms with van der Waals surface area (Å²) >= 11 is 0. The predicted octanol–water partition coefficient (Wildman–Crippen LogP) is 1.16. The van der Waals surface area contributed by atoms with Crippen LogP contribution in [0.1, 0.15) is 31.0 Å². The van der Waals surface area contributed by atoms with Gasteiger partial charge in [-0.25, -0.2) is 0 Å². The van der Waals surface area contributed by atoms with Crippen LogP contribution in [-0.4, -0.2) is 34.0 Å². The van der Waals surface area contributed by atoms with Crippen LogP contribution in [0.25, 0.3) is 0 Å². The van der Waals surface area contributed by atoms with Crippen LogP contribution >= 0.6 is 0 Å². The first kappa shape index (κ1) is 9.18. The SMILES string of the molecule is CC(=N)N1CCC(c2nc(C)no2)C1. The molecule has 0 saturated carbocycles. The molecular formula is C9H14N4O. The number of aryl methyl sites for hydroxylation is 1. The zero-order chi connectivity index (χ0) is 10.1. The van der Waals surface area contributed by atoms with Gasteiger partial charge in [-0.15, -0.1) is 0 Å². The maximum Gasteiger partial charge on any atom is 0.231 e. The lowest BCUT2D eigenvalue weighted by molar-refractivity contribution is 0.351. The first-order valence-corrected chi connectivity index (χ1v) is 4.77. The van der Waals surface area contributed by atoms with Crippen molar-refractivity contribution in [1.82, 2.24) is 15.0 Å². The molecule has 1 atom stereocenters. The van der Waals surface area contributed by atoms with Gasteiger partial charge in [0.2, 0.25) is 5.89 Å². The molecule has 1 aliphatic heterocycles. The van der Waals surface area contributed by atoms with Gasteiger partial charge in [-0.2, -0.15) is 4.98 Å². The lowest BCUT2D eigenvalue weighted by Crippen LogP contribution is -2.24. The van der Waals surface area contributed by atoms with Gasteiger partial charge < -0.3 is 9.42 Å². The summed E-state index contributed by atoms with van der Waals surface area (Å²) in [5.41, 5.74) is 0. The molecule has 1 saturated heterocycles. The summed E-state index contributed by atoms with van der Waals surface area (Å²) in [7, 11) is 0. The van der Waals surface area contributed by atoms with E-state index in [-0.39, 0.29) is 0 Å². The largest absolute Gasteiger partial charge is 0.360 e. The van der Waals surface area contributed by atoms with Gasteiger partial charge in [0.05, 0.1) is 11.8 Å². The fraction of sp³-hybridized carbons (Fsp3) is 0.667. The molecule has 76 valence electrons. The maximum absolute atomic E-state index is 7.51.